The summed E-state index contributed by atoms with van der Waals surface area (Å²) in [5, 5.41) is 10.8. The number of hydrogen-bond acceptors (Lipinski definition) is 7. The number of Topliss-reactive ketones (excluding diaryl/α,β-unsaturated/α-hetero) is 1. The smallest absolute Gasteiger partial charge is 0.381 e. The highest BCUT2D eigenvalue weighted by Crippen LogP contribution is 2.31. The molecule has 1 saturated heterocycles. The number of fused-ring (bicyclic) bond motifs is 1. The lowest BCUT2D eigenvalue weighted by molar-refractivity contribution is -0.159. The van der Waals surface area contributed by atoms with Crippen molar-refractivity contribution in [3.05, 3.63) is 52.7 Å². The minimum absolute atomic E-state index is 0.0448. The molecule has 5 rings (SSSR count). The number of hydrogen-bond donors (Lipinski definition) is 1. The highest BCUT2D eigenvalue weighted by Gasteiger charge is 2.39. The van der Waals surface area contributed by atoms with Gasteiger partial charge < -0.3 is 14.6 Å². The number of rotatable bonds is 6. The van der Waals surface area contributed by atoms with Crippen LogP contribution in [0.25, 0.3) is 11.4 Å². The Hall–Kier alpha value is -3.54. The molecule has 2 aliphatic rings. The van der Waals surface area contributed by atoms with Crippen LogP contribution in [0.1, 0.15) is 57.3 Å². The Labute approximate surface area is 210 Å². The van der Waals surface area contributed by atoms with Crippen molar-refractivity contribution in [2.75, 3.05) is 19.8 Å². The third-order valence-electron chi connectivity index (χ3n) is 6.96. The van der Waals surface area contributed by atoms with Crippen LogP contribution in [0.2, 0.25) is 0 Å². The average molecular weight is 518 g/mol. The Kier molecular flexibility index (Phi) is 6.84. The number of carbonyl (C=O) groups excluding carboxylic acids is 2. The molecule has 0 radical (unpaired) electrons. The SMILES string of the molecule is Cn1nc2c(c1C(=O)C1CCOC[C@@H]1CNC(=O)c1ccc(-c3noc(C(F)(F)F)n3)cc1)CCCC2. The van der Waals surface area contributed by atoms with Gasteiger partial charge in [0.2, 0.25) is 5.82 Å². The van der Waals surface area contributed by atoms with Crippen molar-refractivity contribution in [2.24, 2.45) is 18.9 Å². The first-order valence-corrected chi connectivity index (χ1v) is 12.2. The molecule has 1 aliphatic heterocycles. The van der Waals surface area contributed by atoms with Crippen LogP contribution in [-0.4, -0.2) is 51.4 Å². The van der Waals surface area contributed by atoms with Gasteiger partial charge in [-0.2, -0.15) is 23.3 Å². The second-order valence-electron chi connectivity index (χ2n) is 9.41. The van der Waals surface area contributed by atoms with E-state index in [4.69, 9.17) is 4.74 Å². The number of halogens is 3. The number of aromatic nitrogens is 4. The normalized spacial score (nSPS) is 19.9. The minimum Gasteiger partial charge on any atom is -0.381 e. The Morgan fingerprint density at radius 2 is 1.92 bits per heavy atom. The monoisotopic (exact) mass is 517 g/mol. The van der Waals surface area contributed by atoms with Crippen molar-refractivity contribution < 1.29 is 32.0 Å². The number of alkyl halides is 3. The molecule has 3 aromatic rings. The summed E-state index contributed by atoms with van der Waals surface area (Å²) in [5.41, 5.74) is 3.32. The van der Waals surface area contributed by atoms with Gasteiger partial charge in [0.25, 0.3) is 5.91 Å². The lowest BCUT2D eigenvalue weighted by Crippen LogP contribution is -2.41. The predicted octanol–water partition coefficient (Wildman–Crippen LogP) is 3.63. The van der Waals surface area contributed by atoms with Crippen LogP contribution >= 0.6 is 0 Å². The van der Waals surface area contributed by atoms with E-state index in [1.807, 2.05) is 7.05 Å². The first-order valence-electron chi connectivity index (χ1n) is 12.2. The molecule has 1 N–H and O–H groups in total. The van der Waals surface area contributed by atoms with Gasteiger partial charge in [0.1, 0.15) is 5.69 Å². The van der Waals surface area contributed by atoms with Crippen molar-refractivity contribution >= 4 is 11.7 Å². The van der Waals surface area contributed by atoms with Gasteiger partial charge in [-0.15, -0.1) is 0 Å². The van der Waals surface area contributed by atoms with E-state index in [1.165, 1.54) is 24.3 Å². The van der Waals surface area contributed by atoms with Crippen molar-refractivity contribution in [1.29, 1.82) is 0 Å². The molecule has 0 bridgehead atoms. The number of nitrogens with zero attached hydrogens (tertiary/aromatic N) is 4. The standard InChI is InChI=1S/C25H26F3N5O4/c1-33-20(18-4-2-3-5-19(18)31-33)21(34)17-10-11-36-13-16(17)12-29-23(35)15-8-6-14(7-9-15)22-30-24(37-32-22)25(26,27)28/h6-9,16-17H,2-5,10-13H2,1H3,(H,29,35)/t16-,17?/m0/s1. The van der Waals surface area contributed by atoms with E-state index < -0.39 is 12.1 Å². The Balaban J connectivity index is 1.24. The van der Waals surface area contributed by atoms with Crippen LogP contribution in [0.4, 0.5) is 13.2 Å². The van der Waals surface area contributed by atoms with E-state index in [0.29, 0.717) is 30.9 Å². The van der Waals surface area contributed by atoms with E-state index >= 15 is 0 Å². The minimum atomic E-state index is -4.73. The van der Waals surface area contributed by atoms with Crippen LogP contribution < -0.4 is 5.32 Å². The molecule has 0 saturated carbocycles. The number of benzene rings is 1. The van der Waals surface area contributed by atoms with Gasteiger partial charge in [-0.05, 0) is 44.2 Å². The second-order valence-corrected chi connectivity index (χ2v) is 9.41. The maximum Gasteiger partial charge on any atom is 0.471 e. The zero-order chi connectivity index (χ0) is 26.2. The van der Waals surface area contributed by atoms with Gasteiger partial charge in [-0.3, -0.25) is 14.3 Å². The first-order chi connectivity index (χ1) is 17.7. The molecule has 1 aromatic carbocycles. The molecule has 2 atom stereocenters. The molecule has 12 heteroatoms. The quantitative estimate of drug-likeness (QED) is 0.497. The lowest BCUT2D eigenvalue weighted by Gasteiger charge is -2.31. The summed E-state index contributed by atoms with van der Waals surface area (Å²) < 4.78 is 49.7. The molecule has 1 unspecified atom stereocenters. The molecule has 196 valence electrons. The average Bonchev–Trinajstić information content (AvgIpc) is 3.52. The molecule has 0 spiro atoms. The summed E-state index contributed by atoms with van der Waals surface area (Å²) in [6.45, 7) is 1.08. The van der Waals surface area contributed by atoms with Crippen molar-refractivity contribution in [3.63, 3.8) is 0 Å². The Morgan fingerprint density at radius 1 is 1.16 bits per heavy atom. The molecular formula is C25H26F3N5O4. The fourth-order valence-corrected chi connectivity index (χ4v) is 5.06. The summed E-state index contributed by atoms with van der Waals surface area (Å²) >= 11 is 0. The summed E-state index contributed by atoms with van der Waals surface area (Å²) in [6, 6.07) is 5.83. The second kappa shape index (κ2) is 10.1. The van der Waals surface area contributed by atoms with Crippen molar-refractivity contribution in [3.8, 4) is 11.4 Å². The van der Waals surface area contributed by atoms with E-state index in [2.05, 4.69) is 25.1 Å². The number of aryl methyl sites for hydroxylation is 2. The number of nitrogens with one attached hydrogen (secondary N) is 1. The van der Waals surface area contributed by atoms with E-state index in [0.717, 1.165) is 36.9 Å². The molecule has 3 heterocycles. The number of ketones is 1. The van der Waals surface area contributed by atoms with Gasteiger partial charge in [-0.1, -0.05) is 17.3 Å². The van der Waals surface area contributed by atoms with Crippen LogP contribution in [0.3, 0.4) is 0 Å². The molecule has 1 amide bonds. The third-order valence-corrected chi connectivity index (χ3v) is 6.96. The summed E-state index contributed by atoms with van der Waals surface area (Å²) in [7, 11) is 1.81. The number of carbonyl (C=O) groups is 2. The largest absolute Gasteiger partial charge is 0.471 e. The molecular weight excluding hydrogens is 491 g/mol. The van der Waals surface area contributed by atoms with E-state index in [9.17, 15) is 22.8 Å². The lowest BCUT2D eigenvalue weighted by atomic mass is 9.81. The van der Waals surface area contributed by atoms with Gasteiger partial charge in [0.05, 0.1) is 12.3 Å². The van der Waals surface area contributed by atoms with Crippen LogP contribution in [0.5, 0.6) is 0 Å². The molecule has 1 aliphatic carbocycles. The molecule has 2 aromatic heterocycles. The zero-order valence-corrected chi connectivity index (χ0v) is 20.2. The first kappa shape index (κ1) is 25.1. The molecule has 1 fully saturated rings. The summed E-state index contributed by atoms with van der Waals surface area (Å²) in [5.74, 6) is -2.47. The Morgan fingerprint density at radius 3 is 2.65 bits per heavy atom. The van der Waals surface area contributed by atoms with Crippen LogP contribution in [-0.2, 0) is 30.8 Å². The third kappa shape index (κ3) is 5.15. The maximum atomic E-state index is 13.6. The highest BCUT2D eigenvalue weighted by atomic mass is 19.4. The van der Waals surface area contributed by atoms with Gasteiger partial charge >= 0.3 is 12.1 Å². The van der Waals surface area contributed by atoms with Gasteiger partial charge in [0, 0.05) is 48.7 Å². The van der Waals surface area contributed by atoms with E-state index in [1.54, 1.807) is 4.68 Å². The van der Waals surface area contributed by atoms with Crippen LogP contribution in [0.15, 0.2) is 28.8 Å². The highest BCUT2D eigenvalue weighted by molar-refractivity contribution is 5.98. The predicted molar refractivity (Wildman–Crippen MR) is 124 cm³/mol. The number of amides is 1. The fraction of sp³-hybridized carbons (Fsp3) is 0.480. The van der Waals surface area contributed by atoms with E-state index in [-0.39, 0.29) is 41.5 Å². The van der Waals surface area contributed by atoms with Gasteiger partial charge in [-0.25, -0.2) is 0 Å². The van der Waals surface area contributed by atoms with Crippen molar-refractivity contribution in [1.82, 2.24) is 25.2 Å². The molecule has 9 nitrogen and oxygen atoms in total. The fourth-order valence-electron chi connectivity index (χ4n) is 5.06. The zero-order valence-electron chi connectivity index (χ0n) is 20.2. The van der Waals surface area contributed by atoms with Gasteiger partial charge in [0.15, 0.2) is 5.78 Å². The topological polar surface area (TPSA) is 112 Å². The summed E-state index contributed by atoms with van der Waals surface area (Å²) in [4.78, 5) is 29.7. The molecule has 37 heavy (non-hydrogen) atoms. The maximum absolute atomic E-state index is 13.6. The summed E-state index contributed by atoms with van der Waals surface area (Å²) in [6.07, 6.45) is -0.303. The Bertz CT molecular complexity index is 1300. The van der Waals surface area contributed by atoms with Crippen LogP contribution in [0, 0.1) is 11.8 Å². The number of ether oxygens (including phenoxy) is 1. The van der Waals surface area contributed by atoms with Crippen molar-refractivity contribution in [2.45, 2.75) is 38.3 Å².